The van der Waals surface area contributed by atoms with Crippen molar-refractivity contribution in [2.45, 2.75) is 38.3 Å². The topological polar surface area (TPSA) is 56.7 Å². The number of nitrogens with two attached hydrogens (primary N) is 1. The lowest BCUT2D eigenvalue weighted by molar-refractivity contribution is -0.137. The monoisotopic (exact) mass is 348 g/mol. The average molecular weight is 348 g/mol. The summed E-state index contributed by atoms with van der Waals surface area (Å²) in [5.74, 6) is -0.147. The minimum Gasteiger partial charge on any atom is -0.384 e. The van der Waals surface area contributed by atoms with E-state index in [0.29, 0.717) is 5.69 Å². The van der Waals surface area contributed by atoms with Gasteiger partial charge in [-0.3, -0.25) is 0 Å². The molecule has 0 saturated carbocycles. The van der Waals surface area contributed by atoms with Crippen molar-refractivity contribution in [3.8, 4) is 5.82 Å². The largest absolute Gasteiger partial charge is 0.420 e. The first-order valence-corrected chi connectivity index (χ1v) is 8.14. The summed E-state index contributed by atoms with van der Waals surface area (Å²) in [6.07, 6.45) is 5.61. The summed E-state index contributed by atoms with van der Waals surface area (Å²) in [5.41, 5.74) is 7.08. The van der Waals surface area contributed by atoms with Crippen molar-refractivity contribution >= 4 is 5.82 Å². The molecule has 25 heavy (non-hydrogen) atoms. The van der Waals surface area contributed by atoms with Crippen LogP contribution in [0.1, 0.15) is 43.4 Å². The van der Waals surface area contributed by atoms with Gasteiger partial charge in [0.15, 0.2) is 5.82 Å². The van der Waals surface area contributed by atoms with Crippen LogP contribution in [-0.4, -0.2) is 14.8 Å². The fraction of sp³-hybridized carbons (Fsp3) is 0.333. The highest BCUT2D eigenvalue weighted by molar-refractivity contribution is 5.45. The molecular formula is C18H19F3N4. The highest BCUT2D eigenvalue weighted by atomic mass is 19.4. The second kappa shape index (κ2) is 6.74. The SMILES string of the molecule is CCC1=CC=CC(c2cc(N)n(-c3ncccc3C(F)(F)F)n2)CC1. The van der Waals surface area contributed by atoms with Crippen molar-refractivity contribution < 1.29 is 13.2 Å². The Hall–Kier alpha value is -2.57. The quantitative estimate of drug-likeness (QED) is 0.879. The minimum absolute atomic E-state index is 0.0156. The fourth-order valence-corrected chi connectivity index (χ4v) is 2.94. The van der Waals surface area contributed by atoms with E-state index in [0.717, 1.165) is 30.0 Å². The van der Waals surface area contributed by atoms with Crippen molar-refractivity contribution in [1.82, 2.24) is 14.8 Å². The zero-order valence-corrected chi connectivity index (χ0v) is 13.8. The van der Waals surface area contributed by atoms with Gasteiger partial charge in [-0.15, -0.1) is 0 Å². The van der Waals surface area contributed by atoms with Crippen LogP contribution in [0.2, 0.25) is 0 Å². The van der Waals surface area contributed by atoms with Crippen LogP contribution in [0.3, 0.4) is 0 Å². The van der Waals surface area contributed by atoms with Crippen LogP contribution in [0.25, 0.3) is 5.82 Å². The summed E-state index contributed by atoms with van der Waals surface area (Å²) in [4.78, 5) is 3.85. The first-order chi connectivity index (χ1) is 11.9. The van der Waals surface area contributed by atoms with E-state index in [1.54, 1.807) is 6.07 Å². The second-order valence-corrected chi connectivity index (χ2v) is 5.99. The van der Waals surface area contributed by atoms with Crippen LogP contribution >= 0.6 is 0 Å². The van der Waals surface area contributed by atoms with E-state index in [-0.39, 0.29) is 17.6 Å². The summed E-state index contributed by atoms with van der Waals surface area (Å²) in [6.45, 7) is 2.10. The van der Waals surface area contributed by atoms with Crippen LogP contribution in [0.4, 0.5) is 19.0 Å². The molecule has 0 amide bonds. The van der Waals surface area contributed by atoms with E-state index < -0.39 is 11.7 Å². The number of alkyl halides is 3. The molecule has 2 heterocycles. The molecule has 0 aromatic carbocycles. The molecule has 7 heteroatoms. The molecule has 0 radical (unpaired) electrons. The zero-order chi connectivity index (χ0) is 18.0. The number of aromatic nitrogens is 3. The maximum absolute atomic E-state index is 13.2. The number of halogens is 3. The van der Waals surface area contributed by atoms with Gasteiger partial charge in [0, 0.05) is 18.2 Å². The van der Waals surface area contributed by atoms with Gasteiger partial charge in [-0.1, -0.05) is 30.7 Å². The zero-order valence-electron chi connectivity index (χ0n) is 13.8. The van der Waals surface area contributed by atoms with Gasteiger partial charge in [-0.05, 0) is 31.4 Å². The molecule has 2 aromatic heterocycles. The molecule has 2 N–H and O–H groups in total. The molecule has 2 aromatic rings. The molecule has 1 aliphatic rings. The number of hydrogen-bond donors (Lipinski definition) is 1. The van der Waals surface area contributed by atoms with Crippen LogP contribution in [0.5, 0.6) is 0 Å². The summed E-state index contributed by atoms with van der Waals surface area (Å²) in [7, 11) is 0. The lowest BCUT2D eigenvalue weighted by Gasteiger charge is -2.12. The number of anilines is 1. The van der Waals surface area contributed by atoms with Crippen LogP contribution < -0.4 is 5.73 Å². The number of rotatable bonds is 3. The molecule has 1 unspecified atom stereocenters. The predicted octanol–water partition coefficient (Wildman–Crippen LogP) is 4.64. The smallest absolute Gasteiger partial charge is 0.384 e. The van der Waals surface area contributed by atoms with E-state index in [1.807, 2.05) is 12.2 Å². The number of nitrogen functional groups attached to an aromatic ring is 1. The van der Waals surface area contributed by atoms with Crippen LogP contribution in [-0.2, 0) is 6.18 Å². The summed E-state index contributed by atoms with van der Waals surface area (Å²) in [5, 5.41) is 4.33. The van der Waals surface area contributed by atoms with Gasteiger partial charge in [-0.25, -0.2) is 4.98 Å². The van der Waals surface area contributed by atoms with E-state index in [1.165, 1.54) is 17.8 Å². The van der Waals surface area contributed by atoms with Gasteiger partial charge in [-0.2, -0.15) is 23.0 Å². The Morgan fingerprint density at radius 2 is 2.16 bits per heavy atom. The van der Waals surface area contributed by atoms with Gasteiger partial charge in [0.05, 0.1) is 5.69 Å². The normalized spacial score (nSPS) is 18.1. The minimum atomic E-state index is -4.52. The van der Waals surface area contributed by atoms with Gasteiger partial charge in [0.1, 0.15) is 11.4 Å². The third-order valence-electron chi connectivity index (χ3n) is 4.33. The Kier molecular flexibility index (Phi) is 4.65. The van der Waals surface area contributed by atoms with Crippen LogP contribution in [0, 0.1) is 0 Å². The number of hydrogen-bond acceptors (Lipinski definition) is 3. The van der Waals surface area contributed by atoms with Crippen molar-refractivity contribution in [1.29, 1.82) is 0 Å². The highest BCUT2D eigenvalue weighted by Gasteiger charge is 2.35. The molecule has 0 spiro atoms. The molecule has 4 nitrogen and oxygen atoms in total. The maximum Gasteiger partial charge on any atom is 0.420 e. The molecule has 132 valence electrons. The van der Waals surface area contributed by atoms with Crippen LogP contribution in [0.15, 0.2) is 48.2 Å². The molecule has 3 rings (SSSR count). The number of pyridine rings is 1. The Bertz CT molecular complexity index is 818. The van der Waals surface area contributed by atoms with Gasteiger partial charge in [0.2, 0.25) is 0 Å². The number of nitrogens with zero attached hydrogens (tertiary/aromatic N) is 3. The molecular weight excluding hydrogens is 329 g/mol. The Balaban J connectivity index is 1.95. The van der Waals surface area contributed by atoms with Crippen molar-refractivity contribution in [3.63, 3.8) is 0 Å². The fourth-order valence-electron chi connectivity index (χ4n) is 2.94. The first kappa shape index (κ1) is 17.3. The summed E-state index contributed by atoms with van der Waals surface area (Å²) < 4.78 is 40.7. The molecule has 0 bridgehead atoms. The predicted molar refractivity (Wildman–Crippen MR) is 90.3 cm³/mol. The Morgan fingerprint density at radius 1 is 1.36 bits per heavy atom. The lowest BCUT2D eigenvalue weighted by Crippen LogP contribution is -2.14. The Morgan fingerprint density at radius 3 is 2.88 bits per heavy atom. The molecule has 0 fully saturated rings. The van der Waals surface area contributed by atoms with Crippen molar-refractivity contribution in [2.75, 3.05) is 5.73 Å². The van der Waals surface area contributed by atoms with E-state index >= 15 is 0 Å². The molecule has 0 aliphatic heterocycles. The Labute approximate surface area is 143 Å². The first-order valence-electron chi connectivity index (χ1n) is 8.14. The van der Waals surface area contributed by atoms with E-state index in [4.69, 9.17) is 5.73 Å². The summed E-state index contributed by atoms with van der Waals surface area (Å²) in [6, 6.07) is 3.85. The van der Waals surface area contributed by atoms with Gasteiger partial charge >= 0.3 is 6.18 Å². The standard InChI is InChI=1S/C18H19F3N4/c1-2-12-5-3-6-13(9-8-12)15-11-16(22)25(24-15)17-14(18(19,20)21)7-4-10-23-17/h3-7,10-11,13H,2,8-9,22H2,1H3. The second-order valence-electron chi connectivity index (χ2n) is 5.99. The average Bonchev–Trinajstić information content (AvgIpc) is 2.81. The maximum atomic E-state index is 13.2. The lowest BCUT2D eigenvalue weighted by atomic mass is 9.98. The molecule has 1 atom stereocenters. The molecule has 0 saturated heterocycles. The molecule has 1 aliphatic carbocycles. The van der Waals surface area contributed by atoms with E-state index in [9.17, 15) is 13.2 Å². The van der Waals surface area contributed by atoms with Gasteiger partial charge < -0.3 is 5.73 Å². The van der Waals surface area contributed by atoms with E-state index in [2.05, 4.69) is 23.1 Å². The summed E-state index contributed by atoms with van der Waals surface area (Å²) >= 11 is 0. The van der Waals surface area contributed by atoms with Crippen molar-refractivity contribution in [3.05, 3.63) is 59.5 Å². The van der Waals surface area contributed by atoms with Gasteiger partial charge in [0.25, 0.3) is 0 Å². The third kappa shape index (κ3) is 3.60. The third-order valence-corrected chi connectivity index (χ3v) is 4.33. The number of allylic oxidation sites excluding steroid dienone is 4. The van der Waals surface area contributed by atoms with Crippen molar-refractivity contribution in [2.24, 2.45) is 0 Å². The highest BCUT2D eigenvalue weighted by Crippen LogP contribution is 2.34.